The summed E-state index contributed by atoms with van der Waals surface area (Å²) >= 11 is 1.84. The third-order valence-electron chi connectivity index (χ3n) is 7.91. The summed E-state index contributed by atoms with van der Waals surface area (Å²) in [4.78, 5) is 15.9. The van der Waals surface area contributed by atoms with Gasteiger partial charge >= 0.3 is 0 Å². The molecule has 0 bridgehead atoms. The van der Waals surface area contributed by atoms with Crippen molar-refractivity contribution in [1.29, 1.82) is 0 Å². The van der Waals surface area contributed by atoms with Crippen molar-refractivity contribution in [1.82, 2.24) is 10.2 Å². The van der Waals surface area contributed by atoms with E-state index in [9.17, 15) is 4.79 Å². The van der Waals surface area contributed by atoms with Crippen molar-refractivity contribution in [2.45, 2.75) is 64.8 Å². The molecule has 1 aliphatic heterocycles. The summed E-state index contributed by atoms with van der Waals surface area (Å²) in [5.74, 6) is 1.86. The number of hydrogen-bond donors (Lipinski definition) is 1. The minimum atomic E-state index is -0.0325. The third-order valence-corrected chi connectivity index (χ3v) is 9.17. The highest BCUT2D eigenvalue weighted by Gasteiger charge is 2.15. The molecule has 1 aliphatic rings. The third kappa shape index (κ3) is 8.36. The molecule has 0 radical (unpaired) electrons. The maximum absolute atomic E-state index is 12.1. The molecule has 0 saturated carbocycles. The quantitative estimate of drug-likeness (QED) is 0.144. The Labute approximate surface area is 254 Å². The first-order chi connectivity index (χ1) is 20.6. The maximum Gasteiger partial charge on any atom is 0.220 e. The normalized spacial score (nSPS) is 14.2. The first-order valence-electron chi connectivity index (χ1n) is 15.6. The lowest BCUT2D eigenvalue weighted by Gasteiger charge is -2.15. The predicted molar refractivity (Wildman–Crippen MR) is 175 cm³/mol. The molecule has 222 valence electrons. The molecule has 0 spiro atoms. The van der Waals surface area contributed by atoms with Crippen molar-refractivity contribution in [2.24, 2.45) is 0 Å². The molecule has 0 unspecified atom stereocenters. The van der Waals surface area contributed by atoms with Gasteiger partial charge in [0.2, 0.25) is 5.91 Å². The van der Waals surface area contributed by atoms with Crippen LogP contribution in [-0.2, 0) is 11.2 Å². The van der Waals surface area contributed by atoms with Gasteiger partial charge in [0.15, 0.2) is 0 Å². The van der Waals surface area contributed by atoms with Gasteiger partial charge in [-0.2, -0.15) is 0 Å². The Kier molecular flexibility index (Phi) is 10.9. The zero-order valence-corrected chi connectivity index (χ0v) is 25.9. The number of benzene rings is 3. The monoisotopic (exact) mass is 584 g/mol. The molecule has 6 heteroatoms. The number of carbonyl (C=O) groups excluding carboxylic acids is 1. The van der Waals surface area contributed by atoms with Gasteiger partial charge in [0.05, 0.1) is 6.04 Å². The fraction of sp³-hybridized carbons (Fsp3) is 0.417. The number of nitrogens with one attached hydrogen (secondary N) is 1. The van der Waals surface area contributed by atoms with E-state index in [4.69, 9.17) is 9.47 Å². The summed E-state index contributed by atoms with van der Waals surface area (Å²) in [6.45, 7) is 8.73. The number of thiophene rings is 1. The molecule has 1 amide bonds. The van der Waals surface area contributed by atoms with Gasteiger partial charge in [0, 0.05) is 22.5 Å². The van der Waals surface area contributed by atoms with Crippen LogP contribution in [0.1, 0.15) is 63.5 Å². The van der Waals surface area contributed by atoms with Crippen molar-refractivity contribution in [2.75, 3.05) is 32.8 Å². The van der Waals surface area contributed by atoms with Crippen LogP contribution >= 0.6 is 11.3 Å². The first kappa shape index (κ1) is 30.1. The Morgan fingerprint density at radius 1 is 0.929 bits per heavy atom. The standard InChI is InChI=1S/C36H44N2O3S/c1-3-4-5-12-35(39)37-27(2)26-41-31-19-15-29(16-20-31)36-33(32-10-6-7-11-34(32)42-36)25-28-13-17-30(18-14-28)40-24-23-38-21-8-9-22-38/h6-7,10-11,13-20,27H,3-5,8-9,12,21-26H2,1-2H3,(H,37,39)/t27-/m1/s1. The smallest absolute Gasteiger partial charge is 0.220 e. The largest absolute Gasteiger partial charge is 0.492 e. The van der Waals surface area contributed by atoms with Crippen LogP contribution in [0.3, 0.4) is 0 Å². The molecular weight excluding hydrogens is 540 g/mol. The van der Waals surface area contributed by atoms with E-state index < -0.39 is 0 Å². The lowest BCUT2D eigenvalue weighted by molar-refractivity contribution is -0.122. The van der Waals surface area contributed by atoms with Crippen LogP contribution in [0.4, 0.5) is 0 Å². The first-order valence-corrected chi connectivity index (χ1v) is 16.4. The Morgan fingerprint density at radius 3 is 2.40 bits per heavy atom. The van der Waals surface area contributed by atoms with Crippen LogP contribution in [0.5, 0.6) is 11.5 Å². The van der Waals surface area contributed by atoms with E-state index in [1.54, 1.807) is 0 Å². The van der Waals surface area contributed by atoms with Gasteiger partial charge < -0.3 is 14.8 Å². The molecule has 42 heavy (non-hydrogen) atoms. The van der Waals surface area contributed by atoms with Crippen molar-refractivity contribution in [3.8, 4) is 21.9 Å². The Morgan fingerprint density at radius 2 is 1.64 bits per heavy atom. The van der Waals surface area contributed by atoms with E-state index in [0.717, 1.165) is 50.3 Å². The molecule has 1 aromatic heterocycles. The molecule has 5 nitrogen and oxygen atoms in total. The van der Waals surface area contributed by atoms with Gasteiger partial charge in [0.25, 0.3) is 0 Å². The maximum atomic E-state index is 12.1. The van der Waals surface area contributed by atoms with E-state index in [0.29, 0.717) is 13.0 Å². The van der Waals surface area contributed by atoms with Crippen molar-refractivity contribution >= 4 is 27.3 Å². The van der Waals surface area contributed by atoms with E-state index in [-0.39, 0.29) is 11.9 Å². The van der Waals surface area contributed by atoms with Gasteiger partial charge in [-0.3, -0.25) is 9.69 Å². The average Bonchev–Trinajstić information content (AvgIpc) is 3.66. The van der Waals surface area contributed by atoms with Crippen LogP contribution < -0.4 is 14.8 Å². The summed E-state index contributed by atoms with van der Waals surface area (Å²) in [6.07, 6.45) is 7.22. The molecule has 1 atom stereocenters. The van der Waals surface area contributed by atoms with E-state index >= 15 is 0 Å². The number of likely N-dealkylation sites (tertiary alicyclic amines) is 1. The van der Waals surface area contributed by atoms with E-state index in [1.165, 1.54) is 57.6 Å². The average molecular weight is 585 g/mol. The predicted octanol–water partition coefficient (Wildman–Crippen LogP) is 8.10. The highest BCUT2D eigenvalue weighted by molar-refractivity contribution is 7.22. The van der Waals surface area contributed by atoms with Gasteiger partial charge in [-0.1, -0.05) is 50.1 Å². The van der Waals surface area contributed by atoms with E-state index in [1.807, 2.05) is 30.4 Å². The lowest BCUT2D eigenvalue weighted by Crippen LogP contribution is -2.36. The van der Waals surface area contributed by atoms with E-state index in [2.05, 4.69) is 77.8 Å². The Hall–Kier alpha value is -3.35. The van der Waals surface area contributed by atoms with Gasteiger partial charge in [-0.05, 0) is 110 Å². The minimum absolute atomic E-state index is 0.0325. The minimum Gasteiger partial charge on any atom is -0.492 e. The van der Waals surface area contributed by atoms with Crippen molar-refractivity contribution < 1.29 is 14.3 Å². The van der Waals surface area contributed by atoms with Crippen LogP contribution in [0.2, 0.25) is 0 Å². The molecule has 1 saturated heterocycles. The highest BCUT2D eigenvalue weighted by atomic mass is 32.1. The topological polar surface area (TPSA) is 50.8 Å². The zero-order chi connectivity index (χ0) is 29.1. The number of fused-ring (bicyclic) bond motifs is 1. The van der Waals surface area contributed by atoms with Gasteiger partial charge in [-0.25, -0.2) is 0 Å². The molecule has 3 aromatic carbocycles. The Balaban J connectivity index is 1.21. The van der Waals surface area contributed by atoms with Crippen LogP contribution in [-0.4, -0.2) is 49.7 Å². The van der Waals surface area contributed by atoms with Gasteiger partial charge in [-0.15, -0.1) is 11.3 Å². The van der Waals surface area contributed by atoms with Gasteiger partial charge in [0.1, 0.15) is 24.7 Å². The second kappa shape index (κ2) is 15.2. The van der Waals surface area contributed by atoms with Crippen LogP contribution in [0.25, 0.3) is 20.5 Å². The summed E-state index contributed by atoms with van der Waals surface area (Å²) in [5.41, 5.74) is 3.82. The zero-order valence-electron chi connectivity index (χ0n) is 25.1. The molecule has 1 fully saturated rings. The fourth-order valence-corrected chi connectivity index (χ4v) is 6.79. The molecular formula is C36H44N2O3S. The number of hydrogen-bond acceptors (Lipinski definition) is 5. The molecule has 1 N–H and O–H groups in total. The number of amides is 1. The van der Waals surface area contributed by atoms with Crippen LogP contribution in [0, 0.1) is 0 Å². The van der Waals surface area contributed by atoms with Crippen molar-refractivity contribution in [3.05, 3.63) is 83.9 Å². The fourth-order valence-electron chi connectivity index (χ4n) is 5.56. The summed E-state index contributed by atoms with van der Waals surface area (Å²) in [6, 6.07) is 25.6. The number of rotatable bonds is 15. The van der Waals surface area contributed by atoms with Crippen molar-refractivity contribution in [3.63, 3.8) is 0 Å². The summed E-state index contributed by atoms with van der Waals surface area (Å²) < 4.78 is 13.3. The second-order valence-electron chi connectivity index (χ2n) is 11.4. The SMILES string of the molecule is CCCCCC(=O)N[C@H](C)COc1ccc(-c2sc3ccccc3c2Cc2ccc(OCCN3CCCC3)cc2)cc1. The molecule has 0 aliphatic carbocycles. The second-order valence-corrected chi connectivity index (χ2v) is 12.4. The Bertz CT molecular complexity index is 1410. The number of unbranched alkanes of at least 4 members (excludes halogenated alkanes) is 2. The van der Waals surface area contributed by atoms with Crippen LogP contribution in [0.15, 0.2) is 72.8 Å². The number of ether oxygens (including phenoxy) is 2. The summed E-state index contributed by atoms with van der Waals surface area (Å²) in [5, 5.41) is 4.36. The lowest BCUT2D eigenvalue weighted by atomic mass is 9.99. The molecule has 4 aromatic rings. The number of carbonyl (C=O) groups is 1. The highest BCUT2D eigenvalue weighted by Crippen LogP contribution is 2.40. The summed E-state index contributed by atoms with van der Waals surface area (Å²) in [7, 11) is 0. The number of nitrogens with zero attached hydrogens (tertiary/aromatic N) is 1. The molecule has 5 rings (SSSR count). The molecule has 2 heterocycles.